The van der Waals surface area contributed by atoms with Crippen LogP contribution in [0.25, 0.3) is 0 Å². The third-order valence-corrected chi connectivity index (χ3v) is 2.57. The summed E-state index contributed by atoms with van der Waals surface area (Å²) in [6.07, 6.45) is 0. The monoisotopic (exact) mass is 274 g/mol. The highest BCUT2D eigenvalue weighted by Gasteiger charge is 2.21. The van der Waals surface area contributed by atoms with Crippen molar-refractivity contribution in [3.63, 3.8) is 0 Å². The Labute approximate surface area is 113 Å². The summed E-state index contributed by atoms with van der Waals surface area (Å²) >= 11 is 0. The van der Waals surface area contributed by atoms with Gasteiger partial charge in [-0.3, -0.25) is 20.2 Å². The molecule has 0 aromatic heterocycles. The lowest BCUT2D eigenvalue weighted by Crippen LogP contribution is -1.96. The molecule has 2 aromatic rings. The van der Waals surface area contributed by atoms with Crippen molar-refractivity contribution in [1.29, 1.82) is 0 Å². The summed E-state index contributed by atoms with van der Waals surface area (Å²) in [6.45, 7) is 1.86. The van der Waals surface area contributed by atoms with Crippen LogP contribution in [0, 0.1) is 27.2 Å². The molecule has 2 rings (SSSR count). The van der Waals surface area contributed by atoms with Crippen LogP contribution in [0.1, 0.15) is 5.56 Å². The van der Waals surface area contributed by atoms with E-state index in [1.807, 2.05) is 13.0 Å². The van der Waals surface area contributed by atoms with Crippen LogP contribution in [0.4, 0.5) is 11.4 Å². The van der Waals surface area contributed by atoms with E-state index in [9.17, 15) is 20.2 Å². The van der Waals surface area contributed by atoms with Gasteiger partial charge < -0.3 is 4.74 Å². The molecule has 0 fully saturated rings. The van der Waals surface area contributed by atoms with Crippen LogP contribution in [0.2, 0.25) is 0 Å². The van der Waals surface area contributed by atoms with Gasteiger partial charge in [-0.25, -0.2) is 0 Å². The van der Waals surface area contributed by atoms with E-state index in [-0.39, 0.29) is 11.4 Å². The average molecular weight is 274 g/mol. The summed E-state index contributed by atoms with van der Waals surface area (Å²) in [7, 11) is 0. The van der Waals surface area contributed by atoms with Crippen molar-refractivity contribution in [2.75, 3.05) is 0 Å². The quantitative estimate of drug-likeness (QED) is 0.626. The summed E-state index contributed by atoms with van der Waals surface area (Å²) in [4.78, 5) is 20.2. The van der Waals surface area contributed by atoms with E-state index < -0.39 is 15.5 Å². The lowest BCUT2D eigenvalue weighted by molar-refractivity contribution is -0.394. The number of rotatable bonds is 4. The van der Waals surface area contributed by atoms with Crippen molar-refractivity contribution in [2.45, 2.75) is 6.92 Å². The Morgan fingerprint density at radius 1 is 1.00 bits per heavy atom. The van der Waals surface area contributed by atoms with Gasteiger partial charge in [0, 0.05) is 6.07 Å². The number of nitro groups is 2. The zero-order valence-corrected chi connectivity index (χ0v) is 10.5. The normalized spacial score (nSPS) is 10.1. The van der Waals surface area contributed by atoms with Crippen LogP contribution >= 0.6 is 0 Å². The van der Waals surface area contributed by atoms with Gasteiger partial charge in [0.2, 0.25) is 5.75 Å². The maximum absolute atomic E-state index is 11.0. The van der Waals surface area contributed by atoms with Crippen molar-refractivity contribution in [2.24, 2.45) is 0 Å². The molecule has 0 saturated carbocycles. The highest BCUT2D eigenvalue weighted by Crippen LogP contribution is 2.34. The predicted octanol–water partition coefficient (Wildman–Crippen LogP) is 3.60. The first-order valence-electron chi connectivity index (χ1n) is 5.65. The second-order valence-electron chi connectivity index (χ2n) is 4.08. The summed E-state index contributed by atoms with van der Waals surface area (Å²) in [6, 6.07) is 10.2. The molecule has 0 radical (unpaired) electrons. The zero-order chi connectivity index (χ0) is 14.7. The molecule has 0 N–H and O–H groups in total. The Kier molecular flexibility index (Phi) is 3.60. The van der Waals surface area contributed by atoms with Crippen molar-refractivity contribution < 1.29 is 14.6 Å². The van der Waals surface area contributed by atoms with Crippen molar-refractivity contribution in [3.8, 4) is 11.5 Å². The SMILES string of the molecule is Cc1cccc(Oc2ccc([N+](=O)[O-])cc2[N+](=O)[O-])c1. The number of non-ortho nitro benzene ring substituents is 1. The first kappa shape index (κ1) is 13.5. The third kappa shape index (κ3) is 2.89. The minimum Gasteiger partial charge on any atom is -0.450 e. The smallest absolute Gasteiger partial charge is 0.318 e. The molecule has 0 heterocycles. The molecule has 0 bridgehead atoms. The molecular weight excluding hydrogens is 264 g/mol. The van der Waals surface area contributed by atoms with Gasteiger partial charge in [-0.05, 0) is 30.7 Å². The van der Waals surface area contributed by atoms with E-state index in [1.54, 1.807) is 18.2 Å². The van der Waals surface area contributed by atoms with E-state index in [2.05, 4.69) is 0 Å². The zero-order valence-electron chi connectivity index (χ0n) is 10.5. The number of hydrogen-bond donors (Lipinski definition) is 0. The molecule has 0 amide bonds. The molecule has 0 atom stereocenters. The van der Waals surface area contributed by atoms with Gasteiger partial charge in [0.05, 0.1) is 15.9 Å². The standard InChI is InChI=1S/C13H10N2O5/c1-9-3-2-4-11(7-9)20-13-6-5-10(14(16)17)8-12(13)15(18)19/h2-8H,1H3. The molecule has 0 saturated heterocycles. The minimum absolute atomic E-state index is 0.0359. The number of nitrogens with zero attached hydrogens (tertiary/aromatic N) is 2. The van der Waals surface area contributed by atoms with Crippen LogP contribution in [0.5, 0.6) is 11.5 Å². The fraction of sp³-hybridized carbons (Fsp3) is 0.0769. The molecule has 0 aliphatic rings. The second-order valence-corrected chi connectivity index (χ2v) is 4.08. The van der Waals surface area contributed by atoms with Crippen molar-refractivity contribution in [1.82, 2.24) is 0 Å². The lowest BCUT2D eigenvalue weighted by atomic mass is 10.2. The van der Waals surface area contributed by atoms with Crippen LogP contribution < -0.4 is 4.74 Å². The van der Waals surface area contributed by atoms with Crippen LogP contribution in [0.15, 0.2) is 42.5 Å². The highest BCUT2D eigenvalue weighted by molar-refractivity contribution is 5.54. The number of aryl methyl sites for hydroxylation is 1. The van der Waals surface area contributed by atoms with E-state index in [4.69, 9.17) is 4.74 Å². The van der Waals surface area contributed by atoms with Gasteiger partial charge in [-0.15, -0.1) is 0 Å². The topological polar surface area (TPSA) is 95.5 Å². The Hall–Kier alpha value is -2.96. The maximum Gasteiger partial charge on any atom is 0.318 e. The van der Waals surface area contributed by atoms with Crippen LogP contribution in [-0.2, 0) is 0 Å². The summed E-state index contributed by atoms with van der Waals surface area (Å²) in [5.41, 5.74) is 0.140. The van der Waals surface area contributed by atoms with Gasteiger partial charge in [-0.2, -0.15) is 0 Å². The number of ether oxygens (including phenoxy) is 1. The fourth-order valence-corrected chi connectivity index (χ4v) is 1.65. The molecule has 2 aromatic carbocycles. The van der Waals surface area contributed by atoms with Gasteiger partial charge in [0.1, 0.15) is 5.75 Å². The maximum atomic E-state index is 11.0. The van der Waals surface area contributed by atoms with Crippen LogP contribution in [-0.4, -0.2) is 9.85 Å². The average Bonchev–Trinajstić information content (AvgIpc) is 2.38. The number of benzene rings is 2. The predicted molar refractivity (Wildman–Crippen MR) is 71.0 cm³/mol. The van der Waals surface area contributed by atoms with E-state index in [1.165, 1.54) is 6.07 Å². The molecular formula is C13H10N2O5. The van der Waals surface area contributed by atoms with E-state index >= 15 is 0 Å². The Morgan fingerprint density at radius 2 is 1.75 bits per heavy atom. The first-order valence-corrected chi connectivity index (χ1v) is 5.65. The Morgan fingerprint density at radius 3 is 2.35 bits per heavy atom. The van der Waals surface area contributed by atoms with Crippen molar-refractivity contribution >= 4 is 11.4 Å². The molecule has 0 aliphatic heterocycles. The minimum atomic E-state index is -0.710. The fourth-order valence-electron chi connectivity index (χ4n) is 1.65. The molecule has 0 spiro atoms. The molecule has 7 nitrogen and oxygen atoms in total. The van der Waals surface area contributed by atoms with Gasteiger partial charge in [0.25, 0.3) is 5.69 Å². The molecule has 0 aliphatic carbocycles. The van der Waals surface area contributed by atoms with E-state index in [0.29, 0.717) is 5.75 Å². The summed E-state index contributed by atoms with van der Waals surface area (Å²) < 4.78 is 5.42. The molecule has 102 valence electrons. The molecule has 7 heteroatoms. The second kappa shape index (κ2) is 5.35. The van der Waals surface area contributed by atoms with Crippen LogP contribution in [0.3, 0.4) is 0 Å². The third-order valence-electron chi connectivity index (χ3n) is 2.57. The Bertz CT molecular complexity index is 684. The van der Waals surface area contributed by atoms with Gasteiger partial charge in [0.15, 0.2) is 0 Å². The Balaban J connectivity index is 2.41. The number of nitro benzene ring substituents is 2. The summed E-state index contributed by atoms with van der Waals surface area (Å²) in [5.74, 6) is 0.396. The van der Waals surface area contributed by atoms with Crippen molar-refractivity contribution in [3.05, 3.63) is 68.3 Å². The molecule has 0 unspecified atom stereocenters. The largest absolute Gasteiger partial charge is 0.450 e. The van der Waals surface area contributed by atoms with E-state index in [0.717, 1.165) is 17.7 Å². The lowest BCUT2D eigenvalue weighted by Gasteiger charge is -2.06. The highest BCUT2D eigenvalue weighted by atomic mass is 16.6. The van der Waals surface area contributed by atoms with Gasteiger partial charge >= 0.3 is 5.69 Å². The number of hydrogen-bond acceptors (Lipinski definition) is 5. The summed E-state index contributed by atoms with van der Waals surface area (Å²) in [5, 5.41) is 21.6. The van der Waals surface area contributed by atoms with Gasteiger partial charge in [-0.1, -0.05) is 12.1 Å². The first-order chi connectivity index (χ1) is 9.47. The molecule has 20 heavy (non-hydrogen) atoms.